The minimum atomic E-state index is -1.04. The molecule has 1 saturated heterocycles. The molecule has 1 aliphatic heterocycles. The molecule has 0 saturated carbocycles. The zero-order valence-electron chi connectivity index (χ0n) is 12.4. The number of nitrogens with one attached hydrogen (secondary N) is 2. The Balaban J connectivity index is 2.14. The molecule has 1 fully saturated rings. The van der Waals surface area contributed by atoms with Crippen molar-refractivity contribution in [3.05, 3.63) is 33.1 Å². The van der Waals surface area contributed by atoms with Gasteiger partial charge in [-0.1, -0.05) is 5.92 Å². The average Bonchev–Trinajstić information content (AvgIpc) is 2.78. The summed E-state index contributed by atoms with van der Waals surface area (Å²) in [6.45, 7) is 1.31. The van der Waals surface area contributed by atoms with Crippen molar-refractivity contribution in [1.82, 2.24) is 14.9 Å². The summed E-state index contributed by atoms with van der Waals surface area (Å²) in [5, 5.41) is 12.5. The van der Waals surface area contributed by atoms with E-state index in [1.54, 1.807) is 6.92 Å². The van der Waals surface area contributed by atoms with Gasteiger partial charge in [-0.15, -0.1) is 6.42 Å². The van der Waals surface area contributed by atoms with Gasteiger partial charge in [-0.2, -0.15) is 0 Å². The summed E-state index contributed by atoms with van der Waals surface area (Å²) in [5.41, 5.74) is -1.25. The molecule has 2 heterocycles. The minimum Gasteiger partial charge on any atom is -0.388 e. The Bertz CT molecular complexity index is 718. The minimum absolute atomic E-state index is 0.0606. The molecular formula is C14H17N3O6. The third kappa shape index (κ3) is 3.87. The Morgan fingerprint density at radius 1 is 1.61 bits per heavy atom. The fraction of sp³-hybridized carbons (Fsp3) is 0.500. The van der Waals surface area contributed by atoms with E-state index in [0.717, 1.165) is 10.6 Å². The van der Waals surface area contributed by atoms with Crippen LogP contribution in [0.2, 0.25) is 0 Å². The molecule has 0 aromatic carbocycles. The Morgan fingerprint density at radius 2 is 2.35 bits per heavy atom. The number of hydrogen-bond acceptors (Lipinski definition) is 6. The van der Waals surface area contributed by atoms with Crippen LogP contribution >= 0.6 is 0 Å². The van der Waals surface area contributed by atoms with Crippen LogP contribution in [0.25, 0.3) is 0 Å². The van der Waals surface area contributed by atoms with Gasteiger partial charge in [-0.05, 0) is 6.92 Å². The van der Waals surface area contributed by atoms with Gasteiger partial charge in [-0.25, -0.2) is 4.79 Å². The molecule has 4 atom stereocenters. The molecule has 2 rings (SSSR count). The second-order valence-electron chi connectivity index (χ2n) is 5.00. The number of nitrogens with zero attached hydrogens (tertiary/aromatic N) is 1. The highest BCUT2D eigenvalue weighted by Gasteiger charge is 2.44. The number of aliphatic hydroxyl groups is 1. The van der Waals surface area contributed by atoms with Crippen LogP contribution in [0.5, 0.6) is 0 Å². The van der Waals surface area contributed by atoms with Crippen LogP contribution in [0.15, 0.2) is 21.9 Å². The number of aromatic amines is 1. The Kier molecular flexibility index (Phi) is 5.33. The largest absolute Gasteiger partial charge is 0.388 e. The molecule has 4 unspecified atom stereocenters. The molecule has 9 heteroatoms. The van der Waals surface area contributed by atoms with Crippen LogP contribution in [-0.2, 0) is 14.3 Å². The van der Waals surface area contributed by atoms with Crippen LogP contribution < -0.4 is 16.6 Å². The van der Waals surface area contributed by atoms with E-state index >= 15 is 0 Å². The summed E-state index contributed by atoms with van der Waals surface area (Å²) in [6.07, 6.45) is 2.69. The van der Waals surface area contributed by atoms with E-state index in [4.69, 9.17) is 15.9 Å². The summed E-state index contributed by atoms with van der Waals surface area (Å²) < 4.78 is 12.0. The van der Waals surface area contributed by atoms with Gasteiger partial charge in [-0.3, -0.25) is 19.1 Å². The lowest BCUT2D eigenvalue weighted by Gasteiger charge is -2.21. The molecule has 1 aromatic rings. The Labute approximate surface area is 131 Å². The number of rotatable bonds is 5. The monoisotopic (exact) mass is 323 g/mol. The first kappa shape index (κ1) is 17.0. The van der Waals surface area contributed by atoms with E-state index in [1.807, 2.05) is 0 Å². The van der Waals surface area contributed by atoms with E-state index in [-0.39, 0.29) is 13.2 Å². The third-order valence-electron chi connectivity index (χ3n) is 3.37. The van der Waals surface area contributed by atoms with Crippen molar-refractivity contribution in [2.75, 3.05) is 13.2 Å². The van der Waals surface area contributed by atoms with Crippen LogP contribution in [0.1, 0.15) is 13.2 Å². The maximum absolute atomic E-state index is 11.9. The quantitative estimate of drug-likeness (QED) is 0.536. The number of H-pyrrole nitrogens is 1. The summed E-state index contributed by atoms with van der Waals surface area (Å²) in [6, 6.07) is 1.15. The molecule has 3 N–H and O–H groups in total. The van der Waals surface area contributed by atoms with Crippen LogP contribution in [0, 0.1) is 12.3 Å². The fourth-order valence-corrected chi connectivity index (χ4v) is 2.22. The highest BCUT2D eigenvalue weighted by molar-refractivity contribution is 5.77. The molecule has 0 bridgehead atoms. The van der Waals surface area contributed by atoms with Crippen molar-refractivity contribution in [3.63, 3.8) is 0 Å². The lowest BCUT2D eigenvalue weighted by molar-refractivity contribution is -0.132. The van der Waals surface area contributed by atoms with Gasteiger partial charge < -0.3 is 19.9 Å². The average molecular weight is 323 g/mol. The molecule has 1 aromatic heterocycles. The molecule has 0 radical (unpaired) electrons. The number of aromatic nitrogens is 2. The molecule has 9 nitrogen and oxygen atoms in total. The van der Waals surface area contributed by atoms with Gasteiger partial charge in [0.2, 0.25) is 5.91 Å². The lowest BCUT2D eigenvalue weighted by atomic mass is 10.1. The van der Waals surface area contributed by atoms with E-state index in [1.165, 1.54) is 6.20 Å². The van der Waals surface area contributed by atoms with Crippen LogP contribution in [0.3, 0.4) is 0 Å². The van der Waals surface area contributed by atoms with E-state index in [0.29, 0.717) is 0 Å². The van der Waals surface area contributed by atoms with Crippen molar-refractivity contribution in [1.29, 1.82) is 0 Å². The Hall–Kier alpha value is -2.41. The molecule has 0 spiro atoms. The first-order valence-electron chi connectivity index (χ1n) is 6.91. The van der Waals surface area contributed by atoms with Gasteiger partial charge in [0, 0.05) is 12.3 Å². The summed E-state index contributed by atoms with van der Waals surface area (Å²) in [4.78, 5) is 36.6. The molecule has 0 aliphatic carbocycles. The van der Waals surface area contributed by atoms with Gasteiger partial charge >= 0.3 is 5.69 Å². The summed E-state index contributed by atoms with van der Waals surface area (Å²) in [7, 11) is 0. The van der Waals surface area contributed by atoms with Crippen molar-refractivity contribution in [3.8, 4) is 12.3 Å². The van der Waals surface area contributed by atoms with Gasteiger partial charge in [0.1, 0.15) is 18.8 Å². The van der Waals surface area contributed by atoms with Crippen molar-refractivity contribution in [2.45, 2.75) is 31.5 Å². The standard InChI is InChI=1S/C14H17N3O6/c1-3-5-15-10(19)7-22-12-11(20)8(2)23-13(12)17-6-4-9(18)16-14(17)21/h1,4,6,8,11-13,20H,5,7H2,2H3,(H,15,19)(H,16,18,21). The van der Waals surface area contributed by atoms with Gasteiger partial charge in [0.05, 0.1) is 12.6 Å². The predicted molar refractivity (Wildman–Crippen MR) is 78.5 cm³/mol. The second-order valence-corrected chi connectivity index (χ2v) is 5.00. The third-order valence-corrected chi connectivity index (χ3v) is 3.37. The Morgan fingerprint density at radius 3 is 3.00 bits per heavy atom. The maximum atomic E-state index is 11.9. The molecular weight excluding hydrogens is 306 g/mol. The predicted octanol–water partition coefficient (Wildman–Crippen LogP) is -2.05. The zero-order chi connectivity index (χ0) is 17.0. The van der Waals surface area contributed by atoms with Crippen LogP contribution in [0.4, 0.5) is 0 Å². The summed E-state index contributed by atoms with van der Waals surface area (Å²) in [5.74, 6) is 1.79. The topological polar surface area (TPSA) is 123 Å². The molecule has 23 heavy (non-hydrogen) atoms. The fourth-order valence-electron chi connectivity index (χ4n) is 2.22. The lowest BCUT2D eigenvalue weighted by Crippen LogP contribution is -2.40. The highest BCUT2D eigenvalue weighted by atomic mass is 16.6. The van der Waals surface area contributed by atoms with Crippen molar-refractivity contribution in [2.24, 2.45) is 0 Å². The normalized spacial score (nSPS) is 26.7. The molecule has 1 amide bonds. The number of amides is 1. The number of carbonyl (C=O) groups excluding carboxylic acids is 1. The van der Waals surface area contributed by atoms with E-state index in [9.17, 15) is 19.5 Å². The number of ether oxygens (including phenoxy) is 2. The molecule has 124 valence electrons. The maximum Gasteiger partial charge on any atom is 0.330 e. The zero-order valence-corrected chi connectivity index (χ0v) is 12.4. The smallest absolute Gasteiger partial charge is 0.330 e. The molecule has 1 aliphatic rings. The first-order valence-corrected chi connectivity index (χ1v) is 6.91. The number of carbonyl (C=O) groups is 1. The van der Waals surface area contributed by atoms with Gasteiger partial charge in [0.25, 0.3) is 5.56 Å². The van der Waals surface area contributed by atoms with Crippen molar-refractivity contribution < 1.29 is 19.4 Å². The highest BCUT2D eigenvalue weighted by Crippen LogP contribution is 2.30. The van der Waals surface area contributed by atoms with Crippen molar-refractivity contribution >= 4 is 5.91 Å². The summed E-state index contributed by atoms with van der Waals surface area (Å²) >= 11 is 0. The van der Waals surface area contributed by atoms with Gasteiger partial charge in [0.15, 0.2) is 6.23 Å². The SMILES string of the molecule is C#CCNC(=O)COC1C(O)C(C)OC1n1ccc(=O)[nH]c1=O. The number of terminal acetylenes is 1. The van der Waals surface area contributed by atoms with Crippen LogP contribution in [-0.4, -0.2) is 52.0 Å². The second kappa shape index (κ2) is 7.23. The number of hydrogen-bond donors (Lipinski definition) is 3. The van der Waals surface area contributed by atoms with E-state index in [2.05, 4.69) is 16.2 Å². The number of aliphatic hydroxyl groups excluding tert-OH is 1. The van der Waals surface area contributed by atoms with E-state index < -0.39 is 41.7 Å². The first-order chi connectivity index (χ1) is 10.9.